The minimum atomic E-state index is -0.407. The van der Waals surface area contributed by atoms with Gasteiger partial charge in [-0.1, -0.05) is 12.1 Å². The molecule has 0 saturated carbocycles. The molecule has 2 rings (SSSR count). The number of nitrogens with one attached hydrogen (secondary N) is 1. The first-order valence-corrected chi connectivity index (χ1v) is 7.37. The van der Waals surface area contributed by atoms with Crippen molar-refractivity contribution in [2.24, 2.45) is 5.10 Å². The van der Waals surface area contributed by atoms with E-state index in [1.807, 2.05) is 0 Å². The predicted octanol–water partition coefficient (Wildman–Crippen LogP) is 2.39. The third-order valence-corrected chi connectivity index (χ3v) is 3.15. The van der Waals surface area contributed by atoms with Crippen molar-refractivity contribution in [3.8, 4) is 17.2 Å². The Morgan fingerprint density at radius 2 is 1.80 bits per heavy atom. The fourth-order valence-corrected chi connectivity index (χ4v) is 2.03. The van der Waals surface area contributed by atoms with Gasteiger partial charge in [-0.2, -0.15) is 5.10 Å². The molecule has 0 aliphatic carbocycles. The van der Waals surface area contributed by atoms with Gasteiger partial charge in [0, 0.05) is 12.5 Å². The highest BCUT2D eigenvalue weighted by molar-refractivity contribution is 5.95. The van der Waals surface area contributed by atoms with Crippen LogP contribution < -0.4 is 19.6 Å². The van der Waals surface area contributed by atoms with Gasteiger partial charge in [-0.25, -0.2) is 5.43 Å². The van der Waals surface area contributed by atoms with Crippen LogP contribution in [0.5, 0.6) is 17.2 Å². The Hall–Kier alpha value is -3.35. The largest absolute Gasteiger partial charge is 0.493 e. The summed E-state index contributed by atoms with van der Waals surface area (Å²) in [5.41, 5.74) is 3.47. The molecule has 0 heterocycles. The Morgan fingerprint density at radius 1 is 1.04 bits per heavy atom. The summed E-state index contributed by atoms with van der Waals surface area (Å²) in [4.78, 5) is 23.1. The van der Waals surface area contributed by atoms with Crippen molar-refractivity contribution >= 4 is 18.1 Å². The molecule has 0 aliphatic heterocycles. The van der Waals surface area contributed by atoms with E-state index in [2.05, 4.69) is 10.5 Å². The molecule has 0 unspecified atom stereocenters. The van der Waals surface area contributed by atoms with E-state index in [-0.39, 0.29) is 0 Å². The summed E-state index contributed by atoms with van der Waals surface area (Å²) in [6.45, 7) is 1.32. The average Bonchev–Trinajstić information content (AvgIpc) is 2.60. The van der Waals surface area contributed by atoms with Gasteiger partial charge in [-0.3, -0.25) is 9.59 Å². The van der Waals surface area contributed by atoms with Gasteiger partial charge in [0.1, 0.15) is 5.75 Å². The fourth-order valence-electron chi connectivity index (χ4n) is 2.03. The fraction of sp³-hybridized carbons (Fsp3) is 0.167. The van der Waals surface area contributed by atoms with Crippen LogP contribution in [0.25, 0.3) is 0 Å². The van der Waals surface area contributed by atoms with Crippen molar-refractivity contribution in [1.82, 2.24) is 5.43 Å². The molecule has 1 amide bonds. The summed E-state index contributed by atoms with van der Waals surface area (Å²) in [5.74, 6) is 0.588. The van der Waals surface area contributed by atoms with Crippen molar-refractivity contribution in [2.75, 3.05) is 14.2 Å². The number of rotatable bonds is 6. The van der Waals surface area contributed by atoms with Gasteiger partial charge in [-0.05, 0) is 35.9 Å². The lowest BCUT2D eigenvalue weighted by molar-refractivity contribution is -0.131. The Labute approximate surface area is 145 Å². The molecule has 25 heavy (non-hydrogen) atoms. The second-order valence-electron chi connectivity index (χ2n) is 4.94. The molecule has 130 valence electrons. The maximum atomic E-state index is 12.1. The first-order valence-electron chi connectivity index (χ1n) is 7.37. The zero-order chi connectivity index (χ0) is 18.2. The van der Waals surface area contributed by atoms with Crippen molar-refractivity contribution in [3.05, 3.63) is 53.6 Å². The monoisotopic (exact) mass is 342 g/mol. The van der Waals surface area contributed by atoms with Gasteiger partial charge in [0.15, 0.2) is 11.5 Å². The summed E-state index contributed by atoms with van der Waals surface area (Å²) < 4.78 is 15.3. The summed E-state index contributed by atoms with van der Waals surface area (Å²) in [6.07, 6.45) is 1.45. The first kappa shape index (κ1) is 18.0. The maximum absolute atomic E-state index is 12.1. The zero-order valence-electron chi connectivity index (χ0n) is 14.1. The van der Waals surface area contributed by atoms with E-state index in [0.29, 0.717) is 28.4 Å². The van der Waals surface area contributed by atoms with E-state index in [0.717, 1.165) is 0 Å². The lowest BCUT2D eigenvalue weighted by Crippen LogP contribution is -2.17. The highest BCUT2D eigenvalue weighted by Crippen LogP contribution is 2.27. The standard InChI is InChI=1S/C18H18N2O5/c1-12(21)25-15-6-4-5-13(9-15)11-19-20-18(22)14-7-8-16(23-2)17(10-14)24-3/h4-11H,1-3H3,(H,20,22)/b19-11+. The van der Waals surface area contributed by atoms with Crippen molar-refractivity contribution in [3.63, 3.8) is 0 Å². The van der Waals surface area contributed by atoms with E-state index in [4.69, 9.17) is 14.2 Å². The van der Waals surface area contributed by atoms with Crippen LogP contribution in [0.2, 0.25) is 0 Å². The Kier molecular flexibility index (Phi) is 6.11. The second-order valence-corrected chi connectivity index (χ2v) is 4.94. The van der Waals surface area contributed by atoms with Gasteiger partial charge < -0.3 is 14.2 Å². The van der Waals surface area contributed by atoms with Crippen LogP contribution in [0.4, 0.5) is 0 Å². The van der Waals surface area contributed by atoms with Crippen LogP contribution in [0.15, 0.2) is 47.6 Å². The van der Waals surface area contributed by atoms with E-state index in [9.17, 15) is 9.59 Å². The third kappa shape index (κ3) is 5.07. The van der Waals surface area contributed by atoms with Crippen LogP contribution in [-0.4, -0.2) is 32.3 Å². The highest BCUT2D eigenvalue weighted by atomic mass is 16.5. The molecule has 0 aliphatic rings. The van der Waals surface area contributed by atoms with Gasteiger partial charge >= 0.3 is 5.97 Å². The lowest BCUT2D eigenvalue weighted by Gasteiger charge is -2.08. The zero-order valence-corrected chi connectivity index (χ0v) is 14.1. The number of methoxy groups -OCH3 is 2. The SMILES string of the molecule is COc1ccc(C(=O)N/N=C/c2cccc(OC(C)=O)c2)cc1OC. The molecule has 7 heteroatoms. The molecule has 0 aromatic heterocycles. The summed E-state index contributed by atoms with van der Waals surface area (Å²) in [7, 11) is 3.01. The number of esters is 1. The number of carbonyl (C=O) groups excluding carboxylic acids is 2. The van der Waals surface area contributed by atoms with Crippen LogP contribution in [0, 0.1) is 0 Å². The number of nitrogens with zero attached hydrogens (tertiary/aromatic N) is 1. The molecular weight excluding hydrogens is 324 g/mol. The molecule has 1 N–H and O–H groups in total. The molecular formula is C18H18N2O5. The number of benzene rings is 2. The second kappa shape index (κ2) is 8.49. The van der Waals surface area contributed by atoms with Gasteiger partial charge in [0.2, 0.25) is 0 Å². The van der Waals surface area contributed by atoms with Crippen molar-refractivity contribution in [2.45, 2.75) is 6.92 Å². The molecule has 2 aromatic rings. The Morgan fingerprint density at radius 3 is 2.48 bits per heavy atom. The molecule has 0 spiro atoms. The number of ether oxygens (including phenoxy) is 3. The van der Waals surface area contributed by atoms with Crippen LogP contribution in [-0.2, 0) is 4.79 Å². The van der Waals surface area contributed by atoms with Gasteiger partial charge in [0.05, 0.1) is 20.4 Å². The number of hydrogen-bond acceptors (Lipinski definition) is 6. The number of carbonyl (C=O) groups is 2. The predicted molar refractivity (Wildman–Crippen MR) is 92.4 cm³/mol. The molecule has 0 radical (unpaired) electrons. The van der Waals surface area contributed by atoms with Gasteiger partial charge in [0.25, 0.3) is 5.91 Å². The molecule has 7 nitrogen and oxygen atoms in total. The van der Waals surface area contributed by atoms with Crippen LogP contribution in [0.1, 0.15) is 22.8 Å². The smallest absolute Gasteiger partial charge is 0.308 e. The van der Waals surface area contributed by atoms with E-state index in [1.165, 1.54) is 27.4 Å². The molecule has 0 saturated heterocycles. The molecule has 2 aromatic carbocycles. The minimum absolute atomic E-state index is 0.378. The van der Waals surface area contributed by atoms with E-state index >= 15 is 0 Å². The van der Waals surface area contributed by atoms with Gasteiger partial charge in [-0.15, -0.1) is 0 Å². The Balaban J connectivity index is 2.04. The first-order chi connectivity index (χ1) is 12.0. The van der Waals surface area contributed by atoms with Crippen LogP contribution in [0.3, 0.4) is 0 Å². The summed E-state index contributed by atoms with van der Waals surface area (Å²) in [6, 6.07) is 11.6. The molecule has 0 bridgehead atoms. The van der Waals surface area contributed by atoms with E-state index in [1.54, 1.807) is 42.5 Å². The lowest BCUT2D eigenvalue weighted by atomic mass is 10.2. The third-order valence-electron chi connectivity index (χ3n) is 3.15. The Bertz CT molecular complexity index is 802. The number of amides is 1. The highest BCUT2D eigenvalue weighted by Gasteiger charge is 2.10. The quantitative estimate of drug-likeness (QED) is 0.377. The summed E-state index contributed by atoms with van der Waals surface area (Å²) in [5, 5.41) is 3.90. The summed E-state index contributed by atoms with van der Waals surface area (Å²) >= 11 is 0. The van der Waals surface area contributed by atoms with Crippen LogP contribution >= 0.6 is 0 Å². The average molecular weight is 342 g/mol. The minimum Gasteiger partial charge on any atom is -0.493 e. The van der Waals surface area contributed by atoms with Crippen molar-refractivity contribution in [1.29, 1.82) is 0 Å². The topological polar surface area (TPSA) is 86.2 Å². The molecule has 0 fully saturated rings. The number of hydrazone groups is 1. The van der Waals surface area contributed by atoms with E-state index < -0.39 is 11.9 Å². The number of hydrogen-bond donors (Lipinski definition) is 1. The normalized spacial score (nSPS) is 10.4. The van der Waals surface area contributed by atoms with Crippen molar-refractivity contribution < 1.29 is 23.8 Å². The maximum Gasteiger partial charge on any atom is 0.308 e. The molecule has 0 atom stereocenters.